The lowest BCUT2D eigenvalue weighted by Gasteiger charge is -2.57. The van der Waals surface area contributed by atoms with Crippen LogP contribution in [0, 0.1) is 0 Å². The number of imide groups is 1. The van der Waals surface area contributed by atoms with Gasteiger partial charge in [-0.15, -0.1) is 0 Å². The van der Waals surface area contributed by atoms with Gasteiger partial charge < -0.3 is 19.5 Å². The SMILES string of the molecule is CCCCCCCCCCCCCCOC(=O)c1ccc(OC)c(N2C(=O)C(C(=O)c3ccc(OC)cc3)(N3C(=O)N[C@H](Br)C3=O)C2CC)c1. The number of amides is 4. The van der Waals surface area contributed by atoms with E-state index < -0.39 is 46.1 Å². The molecule has 4 amide bonds. The molecule has 0 aromatic heterocycles. The Bertz CT molecular complexity index is 1520. The molecule has 2 fully saturated rings. The predicted molar refractivity (Wildman–Crippen MR) is 194 cm³/mol. The number of unbranched alkanes of at least 4 members (excludes halogenated alkanes) is 11. The number of hydrogen-bond acceptors (Lipinski definition) is 8. The van der Waals surface area contributed by atoms with Crippen molar-refractivity contribution in [3.05, 3.63) is 53.6 Å². The van der Waals surface area contributed by atoms with E-state index in [9.17, 15) is 24.0 Å². The summed E-state index contributed by atoms with van der Waals surface area (Å²) in [5.74, 6) is -2.05. The molecule has 272 valence electrons. The minimum atomic E-state index is -2.18. The van der Waals surface area contributed by atoms with Gasteiger partial charge in [0.15, 0.2) is 4.95 Å². The van der Waals surface area contributed by atoms with Gasteiger partial charge in [-0.05, 0) is 55.3 Å². The van der Waals surface area contributed by atoms with Crippen molar-refractivity contribution in [2.45, 2.75) is 114 Å². The standard InChI is InChI=1S/C38H50BrN3O8/c1-5-7-8-9-10-11-12-13-14-15-16-17-24-50-35(45)27-20-23-30(49-4)29(25-27)41-31(6-2)38(36(41)46,42-34(44)33(39)40-37(42)47)32(43)26-18-21-28(48-3)22-19-26/h18-23,25,31,33H,5-17,24H2,1-4H3,(H,40,47)/t31?,33-,38?/m0/s1. The van der Waals surface area contributed by atoms with E-state index in [0.717, 1.165) is 24.2 Å². The summed E-state index contributed by atoms with van der Waals surface area (Å²) >= 11 is 3.13. The van der Waals surface area contributed by atoms with Crippen LogP contribution in [0.3, 0.4) is 0 Å². The Hall–Kier alpha value is -3.93. The molecule has 2 saturated heterocycles. The van der Waals surface area contributed by atoms with Gasteiger partial charge in [0.25, 0.3) is 11.8 Å². The molecule has 2 unspecified atom stereocenters. The molecular weight excluding hydrogens is 706 g/mol. The van der Waals surface area contributed by atoms with E-state index in [2.05, 4.69) is 28.2 Å². The molecular formula is C38H50BrN3O8. The van der Waals surface area contributed by atoms with E-state index in [-0.39, 0.29) is 35.6 Å². The summed E-state index contributed by atoms with van der Waals surface area (Å²) in [6.45, 7) is 4.26. The van der Waals surface area contributed by atoms with Gasteiger partial charge in [-0.3, -0.25) is 19.3 Å². The van der Waals surface area contributed by atoms with Crippen LogP contribution in [0.15, 0.2) is 42.5 Å². The summed E-state index contributed by atoms with van der Waals surface area (Å²) in [5.41, 5.74) is -1.62. The molecule has 2 aromatic carbocycles. The summed E-state index contributed by atoms with van der Waals surface area (Å²) in [7, 11) is 2.91. The molecule has 0 saturated carbocycles. The number of ketones is 1. The van der Waals surface area contributed by atoms with Gasteiger partial charge in [0.1, 0.15) is 11.5 Å². The van der Waals surface area contributed by atoms with Crippen LogP contribution >= 0.6 is 15.9 Å². The fraction of sp³-hybridized carbons (Fsp3) is 0.553. The number of alkyl halides is 1. The molecule has 2 aliphatic rings. The van der Waals surface area contributed by atoms with Crippen LogP contribution < -0.4 is 19.7 Å². The number of rotatable bonds is 21. The molecule has 0 radical (unpaired) electrons. The second kappa shape index (κ2) is 18.3. The quantitative estimate of drug-likeness (QED) is 0.0202. The van der Waals surface area contributed by atoms with Gasteiger partial charge in [-0.2, -0.15) is 0 Å². The molecule has 11 nitrogen and oxygen atoms in total. The third kappa shape index (κ3) is 8.16. The molecule has 2 heterocycles. The Morgan fingerprint density at radius 1 is 0.800 bits per heavy atom. The van der Waals surface area contributed by atoms with E-state index in [1.165, 1.54) is 95.1 Å². The third-order valence-corrected chi connectivity index (χ3v) is 10.2. The summed E-state index contributed by atoms with van der Waals surface area (Å²) in [6.07, 6.45) is 14.6. The molecule has 12 heteroatoms. The third-order valence-electron chi connectivity index (χ3n) is 9.57. The second-order valence-electron chi connectivity index (χ2n) is 12.8. The number of halogens is 1. The first kappa shape index (κ1) is 38.9. The topological polar surface area (TPSA) is 132 Å². The Kier molecular flexibility index (Phi) is 14.3. The minimum absolute atomic E-state index is 0.123. The lowest BCUT2D eigenvalue weighted by atomic mass is 9.70. The number of esters is 1. The van der Waals surface area contributed by atoms with Crippen LogP contribution in [0.2, 0.25) is 0 Å². The summed E-state index contributed by atoms with van der Waals surface area (Å²) in [6, 6.07) is 8.88. The van der Waals surface area contributed by atoms with Crippen LogP contribution in [0.5, 0.6) is 11.5 Å². The Labute approximate surface area is 303 Å². The monoisotopic (exact) mass is 755 g/mol. The second-order valence-corrected chi connectivity index (χ2v) is 13.7. The molecule has 0 spiro atoms. The van der Waals surface area contributed by atoms with Crippen molar-refractivity contribution in [2.75, 3.05) is 25.7 Å². The van der Waals surface area contributed by atoms with E-state index in [0.29, 0.717) is 5.75 Å². The number of hydrogen-bond donors (Lipinski definition) is 1. The Balaban J connectivity index is 1.45. The van der Waals surface area contributed by atoms with Crippen LogP contribution in [-0.2, 0) is 14.3 Å². The van der Waals surface area contributed by atoms with Crippen LogP contribution in [-0.4, -0.2) is 71.9 Å². The molecule has 4 rings (SSSR count). The smallest absolute Gasteiger partial charge is 0.338 e. The molecule has 3 atom stereocenters. The lowest BCUT2D eigenvalue weighted by Crippen LogP contribution is -2.84. The number of urea groups is 1. The Morgan fingerprint density at radius 2 is 1.38 bits per heavy atom. The largest absolute Gasteiger partial charge is 0.497 e. The zero-order valence-electron chi connectivity index (χ0n) is 29.6. The highest BCUT2D eigenvalue weighted by Gasteiger charge is 2.72. The normalized spacial score (nSPS) is 20.1. The predicted octanol–water partition coefficient (Wildman–Crippen LogP) is 7.58. The van der Waals surface area contributed by atoms with Crippen molar-refractivity contribution in [3.63, 3.8) is 0 Å². The number of Topliss-reactive ketones (excluding diaryl/α,β-unsaturated/α-hetero) is 1. The molecule has 0 bridgehead atoms. The maximum Gasteiger partial charge on any atom is 0.338 e. The molecule has 50 heavy (non-hydrogen) atoms. The first-order valence-corrected chi connectivity index (χ1v) is 18.7. The number of ether oxygens (including phenoxy) is 3. The number of nitrogens with zero attached hydrogens (tertiary/aromatic N) is 2. The number of anilines is 1. The summed E-state index contributed by atoms with van der Waals surface area (Å²) in [5, 5.41) is 2.46. The van der Waals surface area contributed by atoms with Gasteiger partial charge in [-0.1, -0.05) is 100 Å². The number of carbonyl (C=O) groups is 5. The summed E-state index contributed by atoms with van der Waals surface area (Å²) in [4.78, 5) is 69.4. The first-order valence-electron chi connectivity index (χ1n) is 17.8. The van der Waals surface area contributed by atoms with Crippen LogP contribution in [0.25, 0.3) is 0 Å². The zero-order valence-corrected chi connectivity index (χ0v) is 31.2. The van der Waals surface area contributed by atoms with Gasteiger partial charge in [0.05, 0.1) is 38.1 Å². The highest BCUT2D eigenvalue weighted by molar-refractivity contribution is 9.10. The number of carbonyl (C=O) groups excluding carboxylic acids is 5. The number of benzene rings is 2. The summed E-state index contributed by atoms with van der Waals surface area (Å²) < 4.78 is 16.4. The van der Waals surface area contributed by atoms with Gasteiger partial charge >= 0.3 is 12.0 Å². The maximum absolute atomic E-state index is 14.5. The van der Waals surface area contributed by atoms with E-state index in [1.54, 1.807) is 31.2 Å². The van der Waals surface area contributed by atoms with E-state index >= 15 is 0 Å². The van der Waals surface area contributed by atoms with Crippen molar-refractivity contribution in [1.29, 1.82) is 0 Å². The van der Waals surface area contributed by atoms with E-state index in [1.807, 2.05) is 0 Å². The van der Waals surface area contributed by atoms with Gasteiger partial charge in [-0.25, -0.2) is 14.5 Å². The maximum atomic E-state index is 14.5. The molecule has 2 aliphatic heterocycles. The fourth-order valence-electron chi connectivity index (χ4n) is 6.88. The first-order chi connectivity index (χ1) is 24.2. The van der Waals surface area contributed by atoms with Gasteiger partial charge in [0.2, 0.25) is 11.3 Å². The minimum Gasteiger partial charge on any atom is -0.497 e. The van der Waals surface area contributed by atoms with Crippen molar-refractivity contribution < 1.29 is 38.2 Å². The van der Waals surface area contributed by atoms with E-state index in [4.69, 9.17) is 14.2 Å². The lowest BCUT2D eigenvalue weighted by molar-refractivity contribution is -0.145. The van der Waals surface area contributed by atoms with Crippen molar-refractivity contribution in [2.24, 2.45) is 0 Å². The Morgan fingerprint density at radius 3 is 1.90 bits per heavy atom. The van der Waals surface area contributed by atoms with Crippen LogP contribution in [0.4, 0.5) is 10.5 Å². The van der Waals surface area contributed by atoms with Crippen molar-refractivity contribution in [3.8, 4) is 11.5 Å². The van der Waals surface area contributed by atoms with Crippen LogP contribution in [0.1, 0.15) is 118 Å². The zero-order chi connectivity index (χ0) is 36.3. The highest BCUT2D eigenvalue weighted by Crippen LogP contribution is 2.48. The van der Waals surface area contributed by atoms with Gasteiger partial charge in [0, 0.05) is 5.56 Å². The van der Waals surface area contributed by atoms with Crippen molar-refractivity contribution >= 4 is 51.2 Å². The highest BCUT2D eigenvalue weighted by atomic mass is 79.9. The molecule has 1 N–H and O–H groups in total. The average molecular weight is 757 g/mol. The molecule has 2 aromatic rings. The molecule has 0 aliphatic carbocycles. The average Bonchev–Trinajstić information content (AvgIpc) is 3.38. The number of β-lactam (4-membered cyclic amide) rings is 1. The fourth-order valence-corrected chi connectivity index (χ4v) is 7.28. The number of nitrogens with one attached hydrogen (secondary N) is 1. The number of methoxy groups -OCH3 is 2. The van der Waals surface area contributed by atoms with Crippen molar-refractivity contribution in [1.82, 2.24) is 10.2 Å².